The Kier molecular flexibility index (Phi) is 2.77. The van der Waals surface area contributed by atoms with Gasteiger partial charge in [0.15, 0.2) is 0 Å². The largest absolute Gasteiger partial charge is 0.493 e. The normalized spacial score (nSPS) is 13.9. The Morgan fingerprint density at radius 1 is 1.15 bits per heavy atom. The van der Waals surface area contributed by atoms with Crippen LogP contribution in [-0.2, 0) is 12.6 Å². The van der Waals surface area contributed by atoms with Gasteiger partial charge in [-0.15, -0.1) is 0 Å². The first-order chi connectivity index (χ1) is 9.43. The Bertz CT molecular complexity index is 670. The summed E-state index contributed by atoms with van der Waals surface area (Å²) in [5.41, 5.74) is 7.10. The molecule has 0 fully saturated rings. The van der Waals surface area contributed by atoms with Crippen molar-refractivity contribution in [2.75, 3.05) is 12.3 Å². The molecule has 7 heteroatoms. The number of nitrogens with zero attached hydrogens (tertiary/aromatic N) is 2. The number of fused-ring (bicyclic) bond motifs is 1. The zero-order valence-corrected chi connectivity index (χ0v) is 10.2. The Hall–Kier alpha value is -2.31. The molecule has 0 saturated heterocycles. The molecule has 1 aliphatic rings. The topological polar surface area (TPSA) is 61.0 Å². The molecule has 0 unspecified atom stereocenters. The lowest BCUT2D eigenvalue weighted by Gasteiger charge is -2.09. The molecule has 1 aliphatic heterocycles. The van der Waals surface area contributed by atoms with Crippen LogP contribution in [0, 0.1) is 0 Å². The van der Waals surface area contributed by atoms with Crippen LogP contribution >= 0.6 is 0 Å². The first kappa shape index (κ1) is 12.7. The molecule has 0 atom stereocenters. The van der Waals surface area contributed by atoms with E-state index in [9.17, 15) is 13.2 Å². The number of halogens is 3. The highest BCUT2D eigenvalue weighted by Gasteiger charge is 2.35. The number of alkyl halides is 3. The van der Waals surface area contributed by atoms with Crippen LogP contribution in [0.2, 0.25) is 0 Å². The number of nitrogens with two attached hydrogens (primary N) is 1. The molecule has 0 bridgehead atoms. The van der Waals surface area contributed by atoms with Gasteiger partial charge in [-0.25, -0.2) is 9.97 Å². The SMILES string of the molecule is Nc1cc(-c2ccc3c(c2)CCO3)nc(C(F)(F)F)n1. The fraction of sp³-hybridized carbons (Fsp3) is 0.231. The van der Waals surface area contributed by atoms with E-state index in [2.05, 4.69) is 9.97 Å². The molecule has 0 radical (unpaired) electrons. The fourth-order valence-corrected chi connectivity index (χ4v) is 2.09. The highest BCUT2D eigenvalue weighted by molar-refractivity contribution is 5.64. The molecule has 0 saturated carbocycles. The predicted octanol–water partition coefficient (Wildman–Crippen LogP) is 2.68. The van der Waals surface area contributed by atoms with Gasteiger partial charge in [0.1, 0.15) is 11.6 Å². The van der Waals surface area contributed by atoms with Crippen molar-refractivity contribution in [1.29, 1.82) is 0 Å². The van der Waals surface area contributed by atoms with E-state index in [1.807, 2.05) is 0 Å². The highest BCUT2D eigenvalue weighted by Crippen LogP contribution is 2.32. The summed E-state index contributed by atoms with van der Waals surface area (Å²) >= 11 is 0. The van der Waals surface area contributed by atoms with E-state index in [1.165, 1.54) is 6.07 Å². The molecule has 1 aromatic heterocycles. The number of ether oxygens (including phenoxy) is 1. The van der Waals surface area contributed by atoms with Crippen molar-refractivity contribution < 1.29 is 17.9 Å². The summed E-state index contributed by atoms with van der Waals surface area (Å²) < 4.78 is 43.4. The first-order valence-electron chi connectivity index (χ1n) is 5.91. The highest BCUT2D eigenvalue weighted by atomic mass is 19.4. The number of benzene rings is 1. The zero-order chi connectivity index (χ0) is 14.3. The van der Waals surface area contributed by atoms with Crippen LogP contribution < -0.4 is 10.5 Å². The summed E-state index contributed by atoms with van der Waals surface area (Å²) in [7, 11) is 0. The van der Waals surface area contributed by atoms with Crippen LogP contribution in [-0.4, -0.2) is 16.6 Å². The number of aromatic nitrogens is 2. The maximum Gasteiger partial charge on any atom is 0.451 e. The van der Waals surface area contributed by atoms with E-state index >= 15 is 0 Å². The minimum atomic E-state index is -4.62. The molecule has 2 aromatic rings. The van der Waals surface area contributed by atoms with Crippen molar-refractivity contribution in [3.8, 4) is 17.0 Å². The van der Waals surface area contributed by atoms with E-state index in [-0.39, 0.29) is 11.5 Å². The molecular weight excluding hydrogens is 271 g/mol. The molecule has 0 amide bonds. The van der Waals surface area contributed by atoms with Gasteiger partial charge in [-0.05, 0) is 23.8 Å². The van der Waals surface area contributed by atoms with Crippen molar-refractivity contribution in [2.24, 2.45) is 0 Å². The zero-order valence-electron chi connectivity index (χ0n) is 10.2. The van der Waals surface area contributed by atoms with Crippen molar-refractivity contribution in [2.45, 2.75) is 12.6 Å². The van der Waals surface area contributed by atoms with E-state index < -0.39 is 12.0 Å². The van der Waals surface area contributed by atoms with E-state index in [0.717, 1.165) is 17.7 Å². The van der Waals surface area contributed by atoms with Gasteiger partial charge in [-0.1, -0.05) is 0 Å². The van der Waals surface area contributed by atoms with Crippen molar-refractivity contribution in [3.63, 3.8) is 0 Å². The van der Waals surface area contributed by atoms with Gasteiger partial charge in [-0.2, -0.15) is 13.2 Å². The van der Waals surface area contributed by atoms with Crippen LogP contribution in [0.1, 0.15) is 11.4 Å². The number of hydrogen-bond donors (Lipinski definition) is 1. The smallest absolute Gasteiger partial charge is 0.451 e. The van der Waals surface area contributed by atoms with Gasteiger partial charge in [0.05, 0.1) is 12.3 Å². The van der Waals surface area contributed by atoms with Crippen LogP contribution in [0.25, 0.3) is 11.3 Å². The van der Waals surface area contributed by atoms with Gasteiger partial charge in [0.2, 0.25) is 5.82 Å². The maximum absolute atomic E-state index is 12.7. The minimum absolute atomic E-state index is 0.152. The van der Waals surface area contributed by atoms with Crippen LogP contribution in [0.4, 0.5) is 19.0 Å². The van der Waals surface area contributed by atoms with Gasteiger partial charge in [0, 0.05) is 18.1 Å². The van der Waals surface area contributed by atoms with Gasteiger partial charge in [0.25, 0.3) is 0 Å². The Morgan fingerprint density at radius 2 is 1.95 bits per heavy atom. The maximum atomic E-state index is 12.7. The third-order valence-corrected chi connectivity index (χ3v) is 2.98. The molecule has 3 rings (SSSR count). The van der Waals surface area contributed by atoms with E-state index in [0.29, 0.717) is 12.2 Å². The minimum Gasteiger partial charge on any atom is -0.493 e. The standard InChI is InChI=1S/C13H10F3N3O/c14-13(15,16)12-18-9(6-11(17)19-12)7-1-2-10-8(5-7)3-4-20-10/h1-2,5-6H,3-4H2,(H2,17,18,19). The fourth-order valence-electron chi connectivity index (χ4n) is 2.09. The molecule has 20 heavy (non-hydrogen) atoms. The lowest BCUT2D eigenvalue weighted by atomic mass is 10.1. The average molecular weight is 281 g/mol. The quantitative estimate of drug-likeness (QED) is 0.873. The Morgan fingerprint density at radius 3 is 2.70 bits per heavy atom. The Labute approximate surface area is 112 Å². The lowest BCUT2D eigenvalue weighted by Crippen LogP contribution is -2.13. The molecule has 4 nitrogen and oxygen atoms in total. The summed E-state index contributed by atoms with van der Waals surface area (Å²) in [5, 5.41) is 0. The van der Waals surface area contributed by atoms with Crippen molar-refractivity contribution >= 4 is 5.82 Å². The number of anilines is 1. The monoisotopic (exact) mass is 281 g/mol. The molecule has 2 heterocycles. The number of nitrogen functional groups attached to an aromatic ring is 1. The van der Waals surface area contributed by atoms with Crippen molar-refractivity contribution in [1.82, 2.24) is 9.97 Å². The van der Waals surface area contributed by atoms with E-state index in [4.69, 9.17) is 10.5 Å². The van der Waals surface area contributed by atoms with Crippen molar-refractivity contribution in [3.05, 3.63) is 35.7 Å². The van der Waals surface area contributed by atoms with Gasteiger partial charge >= 0.3 is 6.18 Å². The first-order valence-corrected chi connectivity index (χ1v) is 5.91. The summed E-state index contributed by atoms with van der Waals surface area (Å²) in [6, 6.07) is 6.48. The number of rotatable bonds is 1. The van der Waals surface area contributed by atoms with Crippen LogP contribution in [0.15, 0.2) is 24.3 Å². The van der Waals surface area contributed by atoms with E-state index in [1.54, 1.807) is 18.2 Å². The number of hydrogen-bond acceptors (Lipinski definition) is 4. The third-order valence-electron chi connectivity index (χ3n) is 2.98. The third kappa shape index (κ3) is 2.26. The second kappa shape index (κ2) is 4.36. The molecule has 0 spiro atoms. The second-order valence-electron chi connectivity index (χ2n) is 4.42. The summed E-state index contributed by atoms with van der Waals surface area (Å²) in [6.07, 6.45) is -3.89. The van der Waals surface area contributed by atoms with Crippen LogP contribution in [0.5, 0.6) is 5.75 Å². The van der Waals surface area contributed by atoms with Gasteiger partial charge in [-0.3, -0.25) is 0 Å². The van der Waals surface area contributed by atoms with Gasteiger partial charge < -0.3 is 10.5 Å². The summed E-state index contributed by atoms with van der Waals surface area (Å²) in [5.74, 6) is -0.685. The summed E-state index contributed by atoms with van der Waals surface area (Å²) in [6.45, 7) is 0.582. The molecule has 1 aromatic carbocycles. The van der Waals surface area contributed by atoms with Crippen LogP contribution in [0.3, 0.4) is 0 Å². The molecule has 104 valence electrons. The Balaban J connectivity index is 2.08. The lowest BCUT2D eigenvalue weighted by molar-refractivity contribution is -0.144. The molecule has 0 aliphatic carbocycles. The molecular formula is C13H10F3N3O. The second-order valence-corrected chi connectivity index (χ2v) is 4.42. The summed E-state index contributed by atoms with van der Waals surface area (Å²) in [4.78, 5) is 6.76. The average Bonchev–Trinajstić information content (AvgIpc) is 2.84. The molecule has 2 N–H and O–H groups in total. The predicted molar refractivity (Wildman–Crippen MR) is 66.1 cm³/mol.